The fourth-order valence-corrected chi connectivity index (χ4v) is 4.06. The van der Waals surface area contributed by atoms with Crippen LogP contribution in [0.3, 0.4) is 0 Å². The number of aliphatic hydroxyl groups is 2. The number of hydrogen-bond acceptors (Lipinski definition) is 3. The number of rotatable bonds is 6. The summed E-state index contributed by atoms with van der Waals surface area (Å²) in [5, 5.41) is 19.3. The van der Waals surface area contributed by atoms with E-state index in [-0.39, 0.29) is 12.0 Å². The van der Waals surface area contributed by atoms with Gasteiger partial charge in [0.25, 0.3) is 0 Å². The van der Waals surface area contributed by atoms with E-state index in [0.717, 1.165) is 25.9 Å². The maximum absolute atomic E-state index is 9.94. The van der Waals surface area contributed by atoms with Crippen molar-refractivity contribution >= 4 is 0 Å². The normalized spacial score (nSPS) is 24.8. The Hall–Kier alpha value is -0.120. The molecule has 0 unspecified atom stereocenters. The Kier molecular flexibility index (Phi) is 6.11. The van der Waals surface area contributed by atoms with Gasteiger partial charge in [-0.2, -0.15) is 0 Å². The van der Waals surface area contributed by atoms with Gasteiger partial charge in [-0.25, -0.2) is 0 Å². The fraction of sp³-hybridized carbons (Fsp3) is 1.00. The minimum atomic E-state index is 0.105. The molecule has 2 N–H and O–H groups in total. The molecule has 0 amide bonds. The van der Waals surface area contributed by atoms with Gasteiger partial charge in [-0.15, -0.1) is 0 Å². The lowest BCUT2D eigenvalue weighted by atomic mass is 9.80. The molecular formula is C16H31NO2. The van der Waals surface area contributed by atoms with Gasteiger partial charge < -0.3 is 10.2 Å². The molecule has 0 bridgehead atoms. The summed E-state index contributed by atoms with van der Waals surface area (Å²) < 4.78 is 0. The first-order valence-corrected chi connectivity index (χ1v) is 8.25. The van der Waals surface area contributed by atoms with Gasteiger partial charge in [0.1, 0.15) is 0 Å². The number of hydrogen-bond donors (Lipinski definition) is 2. The topological polar surface area (TPSA) is 43.7 Å². The van der Waals surface area contributed by atoms with Crippen LogP contribution < -0.4 is 0 Å². The van der Waals surface area contributed by atoms with Crippen LogP contribution >= 0.6 is 0 Å². The fourth-order valence-electron chi connectivity index (χ4n) is 4.06. The van der Waals surface area contributed by atoms with Gasteiger partial charge >= 0.3 is 0 Å². The van der Waals surface area contributed by atoms with E-state index in [4.69, 9.17) is 0 Å². The van der Waals surface area contributed by atoms with Crippen LogP contribution in [0.25, 0.3) is 0 Å². The Balaban J connectivity index is 1.99. The van der Waals surface area contributed by atoms with E-state index in [1.165, 1.54) is 51.4 Å². The zero-order valence-electron chi connectivity index (χ0n) is 12.3. The molecule has 2 aliphatic carbocycles. The molecule has 3 heteroatoms. The van der Waals surface area contributed by atoms with Crippen molar-refractivity contribution in [2.45, 2.75) is 70.3 Å². The highest BCUT2D eigenvalue weighted by molar-refractivity contribution is 4.88. The first-order valence-electron chi connectivity index (χ1n) is 8.25. The van der Waals surface area contributed by atoms with Crippen LogP contribution in [0.1, 0.15) is 64.2 Å². The molecule has 2 aliphatic rings. The van der Waals surface area contributed by atoms with E-state index >= 15 is 0 Å². The smallest absolute Gasteiger partial charge is 0.0558 e. The van der Waals surface area contributed by atoms with E-state index in [9.17, 15) is 10.2 Å². The van der Waals surface area contributed by atoms with Gasteiger partial charge in [0, 0.05) is 31.2 Å². The Bertz CT molecular complexity index is 243. The molecule has 2 saturated carbocycles. The van der Waals surface area contributed by atoms with Gasteiger partial charge in [-0.05, 0) is 25.7 Å². The van der Waals surface area contributed by atoms with Gasteiger partial charge in [0.05, 0.1) is 6.61 Å². The van der Waals surface area contributed by atoms with Crippen molar-refractivity contribution < 1.29 is 10.2 Å². The largest absolute Gasteiger partial charge is 0.396 e. The molecule has 0 aromatic carbocycles. The first-order chi connectivity index (χ1) is 9.29. The summed E-state index contributed by atoms with van der Waals surface area (Å²) in [5.74, 6) is 0. The van der Waals surface area contributed by atoms with E-state index in [1.54, 1.807) is 0 Å². The highest BCUT2D eigenvalue weighted by Crippen LogP contribution is 2.37. The van der Waals surface area contributed by atoms with Crippen molar-refractivity contribution in [3.05, 3.63) is 0 Å². The van der Waals surface area contributed by atoms with Crippen LogP contribution in [-0.2, 0) is 0 Å². The van der Waals surface area contributed by atoms with Gasteiger partial charge in [-0.3, -0.25) is 4.90 Å². The minimum absolute atomic E-state index is 0.105. The third kappa shape index (κ3) is 4.17. The summed E-state index contributed by atoms with van der Waals surface area (Å²) in [6, 6.07) is 0.652. The van der Waals surface area contributed by atoms with Gasteiger partial charge in [-0.1, -0.05) is 38.5 Å². The molecule has 0 atom stereocenters. The van der Waals surface area contributed by atoms with E-state index in [0.29, 0.717) is 12.6 Å². The average molecular weight is 269 g/mol. The van der Waals surface area contributed by atoms with Gasteiger partial charge in [0.15, 0.2) is 0 Å². The van der Waals surface area contributed by atoms with Crippen molar-refractivity contribution in [3.63, 3.8) is 0 Å². The first kappa shape index (κ1) is 15.3. The predicted molar refractivity (Wildman–Crippen MR) is 78.1 cm³/mol. The van der Waals surface area contributed by atoms with E-state index < -0.39 is 0 Å². The van der Waals surface area contributed by atoms with Crippen LogP contribution in [0, 0.1) is 5.41 Å². The summed E-state index contributed by atoms with van der Waals surface area (Å²) in [4.78, 5) is 2.48. The average Bonchev–Trinajstić information content (AvgIpc) is 2.86. The molecule has 0 heterocycles. The van der Waals surface area contributed by atoms with Gasteiger partial charge in [0.2, 0.25) is 0 Å². The Labute approximate surface area is 118 Å². The highest BCUT2D eigenvalue weighted by atomic mass is 16.3. The molecule has 0 aromatic rings. The molecule has 0 radical (unpaired) electrons. The Morgan fingerprint density at radius 1 is 0.895 bits per heavy atom. The molecule has 19 heavy (non-hydrogen) atoms. The van der Waals surface area contributed by atoms with Crippen molar-refractivity contribution in [1.82, 2.24) is 4.90 Å². The number of aliphatic hydroxyl groups excluding tert-OH is 2. The maximum Gasteiger partial charge on any atom is 0.0558 e. The zero-order valence-corrected chi connectivity index (χ0v) is 12.3. The van der Waals surface area contributed by atoms with Crippen molar-refractivity contribution in [2.75, 3.05) is 26.3 Å². The second-order valence-corrected chi connectivity index (χ2v) is 6.70. The lowest BCUT2D eigenvalue weighted by molar-refractivity contribution is 0.0341. The molecule has 0 aliphatic heterocycles. The summed E-state index contributed by atoms with van der Waals surface area (Å²) >= 11 is 0. The Morgan fingerprint density at radius 2 is 1.53 bits per heavy atom. The van der Waals surface area contributed by atoms with Crippen LogP contribution in [-0.4, -0.2) is 47.5 Å². The maximum atomic E-state index is 9.94. The quantitative estimate of drug-likeness (QED) is 0.728. The summed E-state index contributed by atoms with van der Waals surface area (Å²) in [7, 11) is 0. The summed E-state index contributed by atoms with van der Waals surface area (Å²) in [6.45, 7) is 2.35. The SMILES string of the molecule is OCCN(CC1(CO)CCCCCC1)C1CCCC1. The minimum Gasteiger partial charge on any atom is -0.396 e. The molecule has 112 valence electrons. The monoisotopic (exact) mass is 269 g/mol. The molecule has 0 aromatic heterocycles. The van der Waals surface area contributed by atoms with Crippen LogP contribution in [0.4, 0.5) is 0 Å². The third-order valence-corrected chi connectivity index (χ3v) is 5.27. The second-order valence-electron chi connectivity index (χ2n) is 6.70. The predicted octanol–water partition coefficient (Wildman–Crippen LogP) is 2.56. The molecular weight excluding hydrogens is 238 g/mol. The third-order valence-electron chi connectivity index (χ3n) is 5.27. The van der Waals surface area contributed by atoms with E-state index in [2.05, 4.69) is 4.90 Å². The van der Waals surface area contributed by atoms with Crippen molar-refractivity contribution in [3.8, 4) is 0 Å². The molecule has 2 fully saturated rings. The van der Waals surface area contributed by atoms with Crippen LogP contribution in [0.5, 0.6) is 0 Å². The summed E-state index contributed by atoms with van der Waals surface area (Å²) in [6.07, 6.45) is 12.7. The van der Waals surface area contributed by atoms with E-state index in [1.807, 2.05) is 0 Å². The zero-order chi connectivity index (χ0) is 13.6. The number of nitrogens with zero attached hydrogens (tertiary/aromatic N) is 1. The standard InChI is InChI=1S/C16H31NO2/c18-12-11-17(15-7-3-4-8-15)13-16(14-19)9-5-1-2-6-10-16/h15,18-19H,1-14H2. The van der Waals surface area contributed by atoms with Crippen LogP contribution in [0.2, 0.25) is 0 Å². The summed E-state index contributed by atoms with van der Waals surface area (Å²) in [5.41, 5.74) is 0.105. The molecule has 2 rings (SSSR count). The Morgan fingerprint density at radius 3 is 2.05 bits per heavy atom. The molecule has 0 spiro atoms. The lowest BCUT2D eigenvalue weighted by Crippen LogP contribution is -2.45. The lowest BCUT2D eigenvalue weighted by Gasteiger charge is -2.39. The van der Waals surface area contributed by atoms with Crippen molar-refractivity contribution in [1.29, 1.82) is 0 Å². The molecule has 0 saturated heterocycles. The van der Waals surface area contributed by atoms with Crippen molar-refractivity contribution in [2.24, 2.45) is 5.41 Å². The molecule has 3 nitrogen and oxygen atoms in total. The van der Waals surface area contributed by atoms with Crippen LogP contribution in [0.15, 0.2) is 0 Å². The highest BCUT2D eigenvalue weighted by Gasteiger charge is 2.34. The second kappa shape index (κ2) is 7.61.